The average molecular weight is 464 g/mol. The summed E-state index contributed by atoms with van der Waals surface area (Å²) in [5, 5.41) is 0.0719. The van der Waals surface area contributed by atoms with E-state index < -0.39 is 44.7 Å². The molecule has 0 saturated carbocycles. The van der Waals surface area contributed by atoms with Crippen molar-refractivity contribution in [1.29, 1.82) is 0 Å². The smallest absolute Gasteiger partial charge is 0.323 e. The van der Waals surface area contributed by atoms with Crippen molar-refractivity contribution in [3.63, 3.8) is 0 Å². The highest BCUT2D eigenvalue weighted by atomic mass is 35.5. The van der Waals surface area contributed by atoms with Crippen LogP contribution in [0.25, 0.3) is 10.8 Å². The van der Waals surface area contributed by atoms with E-state index >= 15 is 0 Å². The second-order valence-electron chi connectivity index (χ2n) is 5.86. The summed E-state index contributed by atoms with van der Waals surface area (Å²) in [6.45, 7) is 0. The molecule has 0 fully saturated rings. The molecule has 148 valence electrons. The van der Waals surface area contributed by atoms with Gasteiger partial charge < -0.3 is 9.79 Å². The third-order valence-corrected chi connectivity index (χ3v) is 7.02. The van der Waals surface area contributed by atoms with Crippen LogP contribution in [-0.2, 0) is 14.6 Å². The van der Waals surface area contributed by atoms with E-state index in [1.807, 2.05) is 0 Å². The fourth-order valence-electron chi connectivity index (χ4n) is 2.68. The van der Waals surface area contributed by atoms with Gasteiger partial charge in [0.05, 0.1) is 20.6 Å². The van der Waals surface area contributed by atoms with Crippen LogP contribution in [0.1, 0.15) is 0 Å². The van der Waals surface area contributed by atoms with Crippen molar-refractivity contribution >= 4 is 57.3 Å². The van der Waals surface area contributed by atoms with Crippen LogP contribution in [0.4, 0.5) is 10.1 Å². The maximum atomic E-state index is 13.7. The molecule has 11 heteroatoms. The molecular formula is C17H13Cl2FNO5PS. The molecule has 28 heavy (non-hydrogen) atoms. The van der Waals surface area contributed by atoms with Crippen LogP contribution >= 0.6 is 30.8 Å². The second kappa shape index (κ2) is 7.63. The minimum absolute atomic E-state index is 0.0537. The molecule has 3 rings (SSSR count). The van der Waals surface area contributed by atoms with Gasteiger partial charge in [0.15, 0.2) is 5.82 Å². The molecule has 3 aromatic rings. The van der Waals surface area contributed by atoms with Crippen LogP contribution in [0.2, 0.25) is 10.0 Å². The molecule has 0 heterocycles. The summed E-state index contributed by atoms with van der Waals surface area (Å²) in [5.74, 6) is -0.992. The minimum atomic E-state index is -4.81. The van der Waals surface area contributed by atoms with E-state index in [1.165, 1.54) is 6.07 Å². The van der Waals surface area contributed by atoms with Gasteiger partial charge >= 0.3 is 7.60 Å². The van der Waals surface area contributed by atoms with E-state index in [1.54, 1.807) is 36.4 Å². The predicted molar refractivity (Wildman–Crippen MR) is 107 cm³/mol. The van der Waals surface area contributed by atoms with Gasteiger partial charge in [-0.15, -0.1) is 0 Å². The van der Waals surface area contributed by atoms with Gasteiger partial charge in [-0.1, -0.05) is 59.6 Å². The fourth-order valence-corrected chi connectivity index (χ4v) is 6.05. The van der Waals surface area contributed by atoms with Crippen molar-refractivity contribution in [2.24, 2.45) is 0 Å². The topological polar surface area (TPSA) is 94.9 Å². The van der Waals surface area contributed by atoms with Gasteiger partial charge in [-0.25, -0.2) is 12.8 Å². The van der Waals surface area contributed by atoms with Crippen LogP contribution < -0.4 is 4.31 Å². The normalized spacial score (nSPS) is 12.3. The Kier molecular flexibility index (Phi) is 5.74. The van der Waals surface area contributed by atoms with Crippen LogP contribution in [0.15, 0.2) is 59.5 Å². The maximum absolute atomic E-state index is 13.7. The molecule has 0 aromatic heterocycles. The lowest BCUT2D eigenvalue weighted by Crippen LogP contribution is -2.32. The summed E-state index contributed by atoms with van der Waals surface area (Å²) >= 11 is 11.4. The van der Waals surface area contributed by atoms with E-state index in [0.717, 1.165) is 12.1 Å². The third kappa shape index (κ3) is 4.17. The number of nitrogens with zero attached hydrogens (tertiary/aromatic N) is 1. The van der Waals surface area contributed by atoms with E-state index in [9.17, 15) is 27.2 Å². The zero-order valence-electron chi connectivity index (χ0n) is 14.0. The van der Waals surface area contributed by atoms with Crippen LogP contribution in [0.5, 0.6) is 0 Å². The SMILES string of the molecule is O=P(O)(O)CN(c1cccc2ccccc12)S(=O)(=O)c1cc(Cl)c(F)c(Cl)c1. The number of hydrogen-bond acceptors (Lipinski definition) is 3. The fraction of sp³-hybridized carbons (Fsp3) is 0.0588. The lowest BCUT2D eigenvalue weighted by atomic mass is 10.1. The van der Waals surface area contributed by atoms with Crippen molar-refractivity contribution in [2.75, 3.05) is 10.6 Å². The summed E-state index contributed by atoms with van der Waals surface area (Å²) in [6.07, 6.45) is -1.12. The van der Waals surface area contributed by atoms with Crippen molar-refractivity contribution in [2.45, 2.75) is 4.90 Å². The lowest BCUT2D eigenvalue weighted by molar-refractivity contribution is 0.373. The molecule has 0 aliphatic rings. The van der Waals surface area contributed by atoms with Crippen molar-refractivity contribution in [3.05, 3.63) is 70.5 Å². The maximum Gasteiger partial charge on any atom is 0.345 e. The molecule has 0 saturated heterocycles. The molecule has 2 N–H and O–H groups in total. The highest BCUT2D eigenvalue weighted by molar-refractivity contribution is 7.93. The van der Waals surface area contributed by atoms with Crippen molar-refractivity contribution in [3.8, 4) is 0 Å². The summed E-state index contributed by atoms with van der Waals surface area (Å²) in [5.41, 5.74) is 0.0537. The Balaban J connectivity index is 2.27. The summed E-state index contributed by atoms with van der Waals surface area (Å²) in [7, 11) is -9.34. The molecule has 3 aromatic carbocycles. The largest absolute Gasteiger partial charge is 0.345 e. The van der Waals surface area contributed by atoms with E-state index in [0.29, 0.717) is 15.1 Å². The Morgan fingerprint density at radius 3 is 2.18 bits per heavy atom. The number of benzene rings is 3. The number of halogens is 3. The zero-order valence-corrected chi connectivity index (χ0v) is 17.2. The van der Waals surface area contributed by atoms with Gasteiger partial charge in [-0.05, 0) is 23.6 Å². The third-order valence-electron chi connectivity index (χ3n) is 3.89. The standard InChI is InChI=1S/C17H13Cl2FNO5PS/c18-14-8-12(9-15(19)17(14)20)28(25,26)21(10-27(22,23)24)16-7-3-5-11-4-1-2-6-13(11)16/h1-9H,10H2,(H2,22,23,24). The Morgan fingerprint density at radius 1 is 1.00 bits per heavy atom. The molecule has 0 radical (unpaired) electrons. The average Bonchev–Trinajstić information content (AvgIpc) is 2.62. The first-order valence-corrected chi connectivity index (χ1v) is 11.7. The van der Waals surface area contributed by atoms with Crippen LogP contribution in [0, 0.1) is 5.82 Å². The number of hydrogen-bond donors (Lipinski definition) is 2. The van der Waals surface area contributed by atoms with Gasteiger partial charge in [0.2, 0.25) is 0 Å². The summed E-state index contributed by atoms with van der Waals surface area (Å²) < 4.78 is 52.4. The number of fused-ring (bicyclic) bond motifs is 1. The molecule has 0 aliphatic carbocycles. The first kappa shape index (κ1) is 21.0. The van der Waals surface area contributed by atoms with Crippen LogP contribution in [0.3, 0.4) is 0 Å². The number of rotatable bonds is 5. The molecular weight excluding hydrogens is 451 g/mol. The molecule has 0 atom stereocenters. The Hall–Kier alpha value is -1.67. The molecule has 0 unspecified atom stereocenters. The monoisotopic (exact) mass is 463 g/mol. The first-order valence-electron chi connectivity index (χ1n) is 7.70. The van der Waals surface area contributed by atoms with Gasteiger partial charge in [0, 0.05) is 5.39 Å². The number of anilines is 1. The van der Waals surface area contributed by atoms with Gasteiger partial charge in [0.25, 0.3) is 10.0 Å². The second-order valence-corrected chi connectivity index (χ2v) is 10.1. The Bertz CT molecular complexity index is 1190. The first-order chi connectivity index (χ1) is 13.0. The Morgan fingerprint density at radius 2 is 1.57 bits per heavy atom. The van der Waals surface area contributed by atoms with E-state index in [-0.39, 0.29) is 5.69 Å². The predicted octanol–water partition coefficient (Wildman–Crippen LogP) is 4.62. The Labute approximate surface area is 170 Å². The zero-order chi connectivity index (χ0) is 20.7. The molecule has 0 amide bonds. The molecule has 0 aliphatic heterocycles. The minimum Gasteiger partial charge on any atom is -0.323 e. The molecule has 0 bridgehead atoms. The molecule has 0 spiro atoms. The summed E-state index contributed by atoms with van der Waals surface area (Å²) in [6, 6.07) is 13.2. The quantitative estimate of drug-likeness (QED) is 0.425. The van der Waals surface area contributed by atoms with Crippen molar-refractivity contribution < 1.29 is 27.2 Å². The van der Waals surface area contributed by atoms with Gasteiger partial charge in [-0.3, -0.25) is 8.87 Å². The highest BCUT2D eigenvalue weighted by Gasteiger charge is 2.33. The molecule has 6 nitrogen and oxygen atoms in total. The summed E-state index contributed by atoms with van der Waals surface area (Å²) in [4.78, 5) is 18.5. The number of sulfonamides is 1. The van der Waals surface area contributed by atoms with Gasteiger partial charge in [0.1, 0.15) is 6.29 Å². The van der Waals surface area contributed by atoms with Crippen LogP contribution in [-0.4, -0.2) is 24.5 Å². The highest BCUT2D eigenvalue weighted by Crippen LogP contribution is 2.42. The van der Waals surface area contributed by atoms with E-state index in [4.69, 9.17) is 23.2 Å². The lowest BCUT2D eigenvalue weighted by Gasteiger charge is -2.26. The van der Waals surface area contributed by atoms with E-state index in [2.05, 4.69) is 0 Å². The van der Waals surface area contributed by atoms with Crippen molar-refractivity contribution in [1.82, 2.24) is 0 Å². The van der Waals surface area contributed by atoms with Gasteiger partial charge in [-0.2, -0.15) is 0 Å².